The van der Waals surface area contributed by atoms with Crippen molar-refractivity contribution in [2.45, 2.75) is 19.9 Å². The van der Waals surface area contributed by atoms with Crippen molar-refractivity contribution in [2.24, 2.45) is 5.18 Å². The molecule has 0 bridgehead atoms. The van der Waals surface area contributed by atoms with E-state index in [0.29, 0.717) is 18.1 Å². The number of benzene rings is 2. The summed E-state index contributed by atoms with van der Waals surface area (Å²) in [5, 5.41) is 6.25. The smallest absolute Gasteiger partial charge is 0.222 e. The maximum absolute atomic E-state index is 10.7. The van der Waals surface area contributed by atoms with Gasteiger partial charge >= 0.3 is 0 Å². The van der Waals surface area contributed by atoms with Crippen LogP contribution in [0.4, 0.5) is 17.5 Å². The lowest BCUT2D eigenvalue weighted by Gasteiger charge is -2.13. The van der Waals surface area contributed by atoms with Gasteiger partial charge in [0.2, 0.25) is 5.95 Å². The highest BCUT2D eigenvalue weighted by atomic mass is 79.9. The Kier molecular flexibility index (Phi) is 6.20. The summed E-state index contributed by atoms with van der Waals surface area (Å²) in [5.41, 5.74) is 9.05. The fourth-order valence-corrected chi connectivity index (χ4v) is 3.07. The topological polar surface area (TPSA) is 102 Å². The molecule has 0 saturated heterocycles. The van der Waals surface area contributed by atoms with Gasteiger partial charge in [-0.3, -0.25) is 0 Å². The van der Waals surface area contributed by atoms with Gasteiger partial charge in [0.1, 0.15) is 17.6 Å². The quantitative estimate of drug-likeness (QED) is 0.471. The van der Waals surface area contributed by atoms with Crippen LogP contribution in [0.15, 0.2) is 58.2 Å². The molecule has 2 aromatic carbocycles. The molecule has 3 aromatic rings. The van der Waals surface area contributed by atoms with Crippen LogP contribution in [0.1, 0.15) is 25.5 Å². The molecule has 0 spiro atoms. The van der Waals surface area contributed by atoms with Gasteiger partial charge in [-0.25, -0.2) is 4.98 Å². The van der Waals surface area contributed by atoms with Crippen molar-refractivity contribution in [3.63, 3.8) is 0 Å². The molecule has 0 radical (unpaired) electrons. The maximum Gasteiger partial charge on any atom is 0.222 e. The second-order valence-electron chi connectivity index (χ2n) is 6.10. The Bertz CT molecular complexity index is 979. The number of halogens is 1. The molecule has 1 heterocycles. The number of rotatable bonds is 7. The first-order valence-corrected chi connectivity index (χ1v) is 9.56. The number of aromatic nitrogens is 2. The molecular formula is C20H20BrN5O2. The average Bonchev–Trinajstić information content (AvgIpc) is 2.69. The lowest BCUT2D eigenvalue weighted by molar-refractivity contribution is 0.341. The Morgan fingerprint density at radius 3 is 2.61 bits per heavy atom. The number of nitrogens with one attached hydrogen (secondary N) is 1. The van der Waals surface area contributed by atoms with Crippen molar-refractivity contribution in [1.82, 2.24) is 9.97 Å². The largest absolute Gasteiger partial charge is 0.493 e. The van der Waals surface area contributed by atoms with Crippen LogP contribution in [0.5, 0.6) is 5.75 Å². The summed E-state index contributed by atoms with van der Waals surface area (Å²) in [7, 11) is 0. The molecule has 1 atom stereocenters. The first-order valence-electron chi connectivity index (χ1n) is 8.77. The third-order valence-corrected chi connectivity index (χ3v) is 4.58. The first-order chi connectivity index (χ1) is 13.5. The number of ether oxygens (including phenoxy) is 1. The Morgan fingerprint density at radius 2 is 1.93 bits per heavy atom. The van der Waals surface area contributed by atoms with Gasteiger partial charge in [-0.15, -0.1) is 0 Å². The summed E-state index contributed by atoms with van der Waals surface area (Å²) in [6.45, 7) is 4.22. The van der Waals surface area contributed by atoms with Gasteiger partial charge in [-0.2, -0.15) is 9.89 Å². The number of nitrogen functional groups attached to an aromatic ring is 1. The van der Waals surface area contributed by atoms with E-state index >= 15 is 0 Å². The highest BCUT2D eigenvalue weighted by Gasteiger charge is 2.12. The van der Waals surface area contributed by atoms with Crippen molar-refractivity contribution in [1.29, 1.82) is 0 Å². The average molecular weight is 442 g/mol. The van der Waals surface area contributed by atoms with Crippen LogP contribution < -0.4 is 15.8 Å². The van der Waals surface area contributed by atoms with Crippen molar-refractivity contribution >= 4 is 33.4 Å². The molecule has 0 fully saturated rings. The molecule has 0 aliphatic heterocycles. The Morgan fingerprint density at radius 1 is 1.18 bits per heavy atom. The maximum atomic E-state index is 10.7. The summed E-state index contributed by atoms with van der Waals surface area (Å²) in [4.78, 5) is 19.3. The van der Waals surface area contributed by atoms with Gasteiger partial charge < -0.3 is 15.8 Å². The van der Waals surface area contributed by atoms with Gasteiger partial charge in [-0.05, 0) is 49.7 Å². The molecule has 1 aromatic heterocycles. The third-order valence-electron chi connectivity index (χ3n) is 4.08. The predicted octanol–water partition coefficient (Wildman–Crippen LogP) is 5.46. The second kappa shape index (κ2) is 8.79. The zero-order valence-corrected chi connectivity index (χ0v) is 17.1. The molecule has 28 heavy (non-hydrogen) atoms. The minimum absolute atomic E-state index is 0.151. The number of nitrogens with two attached hydrogens (primary N) is 1. The summed E-state index contributed by atoms with van der Waals surface area (Å²) in [6, 6.07) is 14.6. The lowest BCUT2D eigenvalue weighted by atomic mass is 10.1. The van der Waals surface area contributed by atoms with E-state index in [0.717, 1.165) is 27.0 Å². The van der Waals surface area contributed by atoms with Crippen LogP contribution >= 0.6 is 15.9 Å². The van der Waals surface area contributed by atoms with E-state index in [2.05, 4.69) is 36.4 Å². The Hall–Kier alpha value is -3.00. The van der Waals surface area contributed by atoms with E-state index in [4.69, 9.17) is 10.5 Å². The SMILES string of the molecule is CCOc1ccc(Br)cc1-c1cc(Nc2ccc(C(C)N=O)cc2)nc(N)n1. The van der Waals surface area contributed by atoms with E-state index in [9.17, 15) is 4.91 Å². The minimum Gasteiger partial charge on any atom is -0.493 e. The van der Waals surface area contributed by atoms with Crippen LogP contribution in [-0.2, 0) is 0 Å². The van der Waals surface area contributed by atoms with Crippen LogP contribution in [0.2, 0.25) is 0 Å². The van der Waals surface area contributed by atoms with Gasteiger partial charge in [0.25, 0.3) is 0 Å². The Labute approximate surface area is 171 Å². The normalized spacial score (nSPS) is 11.7. The zero-order valence-electron chi connectivity index (χ0n) is 15.5. The molecule has 8 heteroatoms. The fourth-order valence-electron chi connectivity index (χ4n) is 2.71. The summed E-state index contributed by atoms with van der Waals surface area (Å²) in [6.07, 6.45) is 0. The summed E-state index contributed by atoms with van der Waals surface area (Å²) in [5.74, 6) is 1.42. The highest BCUT2D eigenvalue weighted by molar-refractivity contribution is 9.10. The summed E-state index contributed by atoms with van der Waals surface area (Å²) < 4.78 is 6.62. The molecule has 0 aliphatic rings. The molecule has 1 unspecified atom stereocenters. The van der Waals surface area contributed by atoms with Crippen LogP contribution in [0, 0.1) is 4.91 Å². The van der Waals surface area contributed by atoms with Crippen molar-refractivity contribution in [2.75, 3.05) is 17.7 Å². The van der Waals surface area contributed by atoms with Crippen molar-refractivity contribution in [3.05, 3.63) is 63.5 Å². The van der Waals surface area contributed by atoms with E-state index in [1.807, 2.05) is 55.5 Å². The van der Waals surface area contributed by atoms with E-state index in [1.54, 1.807) is 6.92 Å². The van der Waals surface area contributed by atoms with E-state index < -0.39 is 0 Å². The van der Waals surface area contributed by atoms with E-state index in [-0.39, 0.29) is 12.0 Å². The fraction of sp³-hybridized carbons (Fsp3) is 0.200. The molecule has 0 amide bonds. The highest BCUT2D eigenvalue weighted by Crippen LogP contribution is 2.33. The lowest BCUT2D eigenvalue weighted by Crippen LogP contribution is -2.03. The second-order valence-corrected chi connectivity index (χ2v) is 7.01. The monoisotopic (exact) mass is 441 g/mol. The van der Waals surface area contributed by atoms with Gasteiger partial charge in [-0.1, -0.05) is 33.2 Å². The predicted molar refractivity (Wildman–Crippen MR) is 115 cm³/mol. The van der Waals surface area contributed by atoms with Crippen LogP contribution in [0.25, 0.3) is 11.3 Å². The summed E-state index contributed by atoms with van der Waals surface area (Å²) >= 11 is 3.48. The van der Waals surface area contributed by atoms with Crippen LogP contribution in [-0.4, -0.2) is 16.6 Å². The molecule has 7 nitrogen and oxygen atoms in total. The zero-order chi connectivity index (χ0) is 20.1. The van der Waals surface area contributed by atoms with Crippen LogP contribution in [0.3, 0.4) is 0 Å². The number of nitroso groups, excluding NO2 is 1. The van der Waals surface area contributed by atoms with Gasteiger partial charge in [0.15, 0.2) is 0 Å². The number of hydrogen-bond acceptors (Lipinski definition) is 7. The number of nitrogens with zero attached hydrogens (tertiary/aromatic N) is 3. The minimum atomic E-state index is -0.385. The van der Waals surface area contributed by atoms with Crippen molar-refractivity contribution < 1.29 is 4.74 Å². The molecule has 144 valence electrons. The number of hydrogen-bond donors (Lipinski definition) is 2. The molecule has 0 aliphatic carbocycles. The van der Waals surface area contributed by atoms with Gasteiger partial charge in [0, 0.05) is 21.8 Å². The number of anilines is 3. The molecular weight excluding hydrogens is 422 g/mol. The molecule has 3 rings (SSSR count). The molecule has 0 saturated carbocycles. The van der Waals surface area contributed by atoms with Gasteiger partial charge in [0.05, 0.1) is 12.3 Å². The Balaban J connectivity index is 1.92. The third kappa shape index (κ3) is 4.64. The van der Waals surface area contributed by atoms with E-state index in [1.165, 1.54) is 0 Å². The standard InChI is InChI=1S/C20H20BrN5O2/c1-3-28-18-9-6-14(21)10-16(18)17-11-19(25-20(22)24-17)23-15-7-4-13(5-8-15)12(2)26-27/h4-12H,3H2,1-2H3,(H3,22,23,24,25). The first kappa shape index (κ1) is 19.8. The van der Waals surface area contributed by atoms with Crippen molar-refractivity contribution in [3.8, 4) is 17.0 Å². The molecule has 3 N–H and O–H groups in total.